The number of carbonyl (C=O) groups is 2. The van der Waals surface area contributed by atoms with Crippen molar-refractivity contribution in [2.75, 3.05) is 10.6 Å². The maximum absolute atomic E-state index is 12.9. The summed E-state index contributed by atoms with van der Waals surface area (Å²) in [5.41, 5.74) is 1.57. The average molecular weight is 511 g/mol. The van der Waals surface area contributed by atoms with E-state index in [2.05, 4.69) is 20.6 Å². The molecule has 0 radical (unpaired) electrons. The van der Waals surface area contributed by atoms with E-state index in [1.807, 2.05) is 0 Å². The first-order valence-corrected chi connectivity index (χ1v) is 11.8. The van der Waals surface area contributed by atoms with Crippen molar-refractivity contribution < 1.29 is 13.8 Å². The number of benzene rings is 2. The van der Waals surface area contributed by atoms with Crippen LogP contribution >= 0.6 is 23.2 Å². The molecule has 0 bridgehead atoms. The molecule has 0 aliphatic rings. The second kappa shape index (κ2) is 10.6. The molecule has 170 valence electrons. The first kappa shape index (κ1) is 23.6. The summed E-state index contributed by atoms with van der Waals surface area (Å²) in [5, 5.41) is 5.69. The van der Waals surface area contributed by atoms with E-state index in [9.17, 15) is 13.8 Å². The summed E-state index contributed by atoms with van der Waals surface area (Å²) >= 11 is 11.9. The minimum atomic E-state index is -1.46. The lowest BCUT2D eigenvalue weighted by atomic mass is 10.2. The zero-order chi connectivity index (χ0) is 24.1. The minimum Gasteiger partial charge on any atom is -0.322 e. The van der Waals surface area contributed by atoms with Crippen LogP contribution in [0.3, 0.4) is 0 Å². The lowest BCUT2D eigenvalue weighted by Crippen LogP contribution is -2.13. The molecular weight excluding hydrogens is 495 g/mol. The van der Waals surface area contributed by atoms with Crippen molar-refractivity contribution in [3.63, 3.8) is 0 Å². The molecule has 0 aliphatic carbocycles. The number of carbonyl (C=O) groups excluding carboxylic acids is 2. The van der Waals surface area contributed by atoms with Crippen molar-refractivity contribution in [3.05, 3.63) is 107 Å². The van der Waals surface area contributed by atoms with E-state index in [1.165, 1.54) is 12.4 Å². The van der Waals surface area contributed by atoms with Crippen LogP contribution in [0, 0.1) is 0 Å². The highest BCUT2D eigenvalue weighted by Crippen LogP contribution is 2.22. The molecule has 0 spiro atoms. The fourth-order valence-corrected chi connectivity index (χ4v) is 4.42. The largest absolute Gasteiger partial charge is 0.322 e. The van der Waals surface area contributed by atoms with Gasteiger partial charge in [0.1, 0.15) is 10.3 Å². The van der Waals surface area contributed by atoms with Gasteiger partial charge in [-0.2, -0.15) is 0 Å². The molecule has 0 saturated heterocycles. The summed E-state index contributed by atoms with van der Waals surface area (Å²) in [6.45, 7) is 0. The van der Waals surface area contributed by atoms with Gasteiger partial charge in [0.05, 0.1) is 21.9 Å². The van der Waals surface area contributed by atoms with Crippen molar-refractivity contribution in [2.45, 2.75) is 9.79 Å². The number of hydrogen-bond donors (Lipinski definition) is 2. The highest BCUT2D eigenvalue weighted by molar-refractivity contribution is 7.85. The summed E-state index contributed by atoms with van der Waals surface area (Å²) in [5.74, 6) is -0.783. The molecule has 2 aromatic carbocycles. The molecule has 7 nitrogen and oxygen atoms in total. The van der Waals surface area contributed by atoms with Crippen molar-refractivity contribution in [2.24, 2.45) is 0 Å². The van der Waals surface area contributed by atoms with Gasteiger partial charge in [0.2, 0.25) is 0 Å². The summed E-state index contributed by atoms with van der Waals surface area (Å²) in [6.07, 6.45) is 3.00. The van der Waals surface area contributed by atoms with Crippen LogP contribution in [0.15, 0.2) is 95.0 Å². The van der Waals surface area contributed by atoms with Gasteiger partial charge in [-0.15, -0.1) is 0 Å². The first-order valence-electron chi connectivity index (χ1n) is 9.88. The van der Waals surface area contributed by atoms with Gasteiger partial charge in [0.25, 0.3) is 11.8 Å². The Hall–Kier alpha value is -3.59. The lowest BCUT2D eigenvalue weighted by Gasteiger charge is -2.09. The summed E-state index contributed by atoms with van der Waals surface area (Å²) in [6, 6.07) is 19.7. The van der Waals surface area contributed by atoms with Gasteiger partial charge in [0, 0.05) is 33.6 Å². The highest BCUT2D eigenvalue weighted by atomic mass is 35.5. The number of anilines is 2. The molecule has 2 heterocycles. The number of nitrogens with zero attached hydrogens (tertiary/aromatic N) is 2. The Morgan fingerprint density at radius 3 is 1.38 bits per heavy atom. The second-order valence-electron chi connectivity index (χ2n) is 6.91. The van der Waals surface area contributed by atoms with Crippen molar-refractivity contribution in [3.8, 4) is 0 Å². The number of pyridine rings is 2. The topological polar surface area (TPSA) is 101 Å². The van der Waals surface area contributed by atoms with Crippen molar-refractivity contribution in [1.82, 2.24) is 9.97 Å². The van der Waals surface area contributed by atoms with E-state index in [0.717, 1.165) is 0 Å². The Balaban J connectivity index is 1.41. The van der Waals surface area contributed by atoms with Gasteiger partial charge in [-0.25, -0.2) is 14.2 Å². The van der Waals surface area contributed by atoms with Gasteiger partial charge in [-0.1, -0.05) is 23.2 Å². The van der Waals surface area contributed by atoms with Gasteiger partial charge in [-0.3, -0.25) is 9.59 Å². The van der Waals surface area contributed by atoms with Crippen LogP contribution in [-0.2, 0) is 10.8 Å². The van der Waals surface area contributed by atoms with Crippen LogP contribution in [0.5, 0.6) is 0 Å². The molecule has 2 aromatic heterocycles. The molecule has 10 heteroatoms. The van der Waals surface area contributed by atoms with E-state index >= 15 is 0 Å². The molecule has 4 rings (SSSR count). The zero-order valence-electron chi connectivity index (χ0n) is 17.4. The first-order chi connectivity index (χ1) is 16.4. The molecular formula is C24H16Cl2N4O3S. The predicted molar refractivity (Wildman–Crippen MR) is 132 cm³/mol. The van der Waals surface area contributed by atoms with Gasteiger partial charge >= 0.3 is 0 Å². The molecule has 0 saturated carbocycles. The van der Waals surface area contributed by atoms with Crippen LogP contribution in [-0.4, -0.2) is 26.0 Å². The van der Waals surface area contributed by atoms with E-state index in [4.69, 9.17) is 23.2 Å². The normalized spacial score (nSPS) is 10.7. The number of aromatic nitrogens is 2. The molecule has 4 aromatic rings. The standard InChI is InChI=1S/C24H16Cl2N4O3S/c25-21-19(3-1-13-27-21)23(31)29-15-5-9-17(10-6-15)34(33)18-11-7-16(8-12-18)30-24(32)20-4-2-14-28-22(20)26/h1-14H,(H,29,31)(H,30,32). The van der Waals surface area contributed by atoms with Crippen molar-refractivity contribution in [1.29, 1.82) is 0 Å². The third-order valence-electron chi connectivity index (χ3n) is 4.66. The molecule has 0 aliphatic heterocycles. The van der Waals surface area contributed by atoms with Crippen LogP contribution in [0.4, 0.5) is 11.4 Å². The second-order valence-corrected chi connectivity index (χ2v) is 9.11. The summed E-state index contributed by atoms with van der Waals surface area (Å²) < 4.78 is 12.9. The molecule has 34 heavy (non-hydrogen) atoms. The Morgan fingerprint density at radius 1 is 0.647 bits per heavy atom. The molecule has 2 N–H and O–H groups in total. The Labute approximate surface area is 207 Å². The number of amides is 2. The van der Waals surface area contributed by atoms with Gasteiger partial charge in [-0.05, 0) is 72.8 Å². The maximum Gasteiger partial charge on any atom is 0.258 e. The van der Waals surface area contributed by atoms with E-state index in [0.29, 0.717) is 21.2 Å². The third kappa shape index (κ3) is 5.48. The average Bonchev–Trinajstić information content (AvgIpc) is 2.85. The van der Waals surface area contributed by atoms with Crippen LogP contribution < -0.4 is 10.6 Å². The van der Waals surface area contributed by atoms with Crippen LogP contribution in [0.25, 0.3) is 0 Å². The fourth-order valence-electron chi connectivity index (χ4n) is 2.97. The van der Waals surface area contributed by atoms with Crippen LogP contribution in [0.1, 0.15) is 20.7 Å². The summed E-state index contributed by atoms with van der Waals surface area (Å²) in [4.78, 5) is 33.6. The monoisotopic (exact) mass is 510 g/mol. The Bertz CT molecular complexity index is 1270. The fraction of sp³-hybridized carbons (Fsp3) is 0. The quantitative estimate of drug-likeness (QED) is 0.335. The van der Waals surface area contributed by atoms with E-state index < -0.39 is 22.6 Å². The smallest absolute Gasteiger partial charge is 0.258 e. The van der Waals surface area contributed by atoms with Crippen molar-refractivity contribution >= 4 is 57.2 Å². The highest BCUT2D eigenvalue weighted by Gasteiger charge is 2.13. The molecule has 0 fully saturated rings. The molecule has 0 unspecified atom stereocenters. The minimum absolute atomic E-state index is 0.112. The molecule has 2 amide bonds. The molecule has 0 atom stereocenters. The predicted octanol–water partition coefficient (Wildman–Crippen LogP) is 5.45. The van der Waals surface area contributed by atoms with Gasteiger partial charge in [0.15, 0.2) is 0 Å². The third-order valence-corrected chi connectivity index (χ3v) is 6.66. The summed E-state index contributed by atoms with van der Waals surface area (Å²) in [7, 11) is -1.46. The van der Waals surface area contributed by atoms with E-state index in [-0.39, 0.29) is 21.4 Å². The number of nitrogens with one attached hydrogen (secondary N) is 2. The Kier molecular flexibility index (Phi) is 7.32. The number of halogens is 2. The SMILES string of the molecule is O=C(Nc1ccc(S(=O)c2ccc(NC(=O)c3cccnc3Cl)cc2)cc1)c1cccnc1Cl. The van der Waals surface area contributed by atoms with E-state index in [1.54, 1.807) is 72.8 Å². The maximum atomic E-state index is 12.9. The van der Waals surface area contributed by atoms with Gasteiger partial charge < -0.3 is 10.6 Å². The lowest BCUT2D eigenvalue weighted by molar-refractivity contribution is 0.101. The number of rotatable bonds is 6. The zero-order valence-corrected chi connectivity index (χ0v) is 19.7. The Morgan fingerprint density at radius 2 is 1.03 bits per heavy atom. The number of hydrogen-bond acceptors (Lipinski definition) is 5. The van der Waals surface area contributed by atoms with Crippen LogP contribution in [0.2, 0.25) is 10.3 Å².